The van der Waals surface area contributed by atoms with Gasteiger partial charge in [0.25, 0.3) is 11.5 Å². The molecule has 1 aliphatic rings. The number of halogens is 2. The van der Waals surface area contributed by atoms with E-state index in [9.17, 15) is 23.9 Å². The van der Waals surface area contributed by atoms with Gasteiger partial charge in [-0.2, -0.15) is 0 Å². The number of anilines is 2. The van der Waals surface area contributed by atoms with Crippen LogP contribution in [0.4, 0.5) is 15.9 Å². The highest BCUT2D eigenvalue weighted by molar-refractivity contribution is 6.33. The van der Waals surface area contributed by atoms with Crippen LogP contribution < -0.4 is 26.8 Å². The highest BCUT2D eigenvalue weighted by atomic mass is 35.5. The molecule has 41 heavy (non-hydrogen) atoms. The molecule has 4 aromatic rings. The summed E-state index contributed by atoms with van der Waals surface area (Å²) in [5, 5.41) is 16.5. The molecule has 5 N–H and O–H groups in total. The monoisotopic (exact) mass is 582 g/mol. The summed E-state index contributed by atoms with van der Waals surface area (Å²) >= 11 is 6.36. The lowest BCUT2D eigenvalue weighted by Crippen LogP contribution is -2.54. The molecule has 12 nitrogen and oxygen atoms in total. The zero-order valence-electron chi connectivity index (χ0n) is 22.5. The SMILES string of the molecule is C[C@@H]1CN(c2cc(NC(=O)Cn3cc(-c4cc(F)c(O)c(C(N)=O)c4)c4c(=O)n(C)cnc43)c(Cl)cn2)C[C@H](C)N1. The highest BCUT2D eigenvalue weighted by Crippen LogP contribution is 2.33. The normalized spacial score (nSPS) is 17.1. The van der Waals surface area contributed by atoms with Gasteiger partial charge in [0, 0.05) is 50.0 Å². The number of aryl methyl sites for hydroxylation is 1. The number of primary amides is 1. The number of aromatic hydroxyl groups is 1. The van der Waals surface area contributed by atoms with Crippen molar-refractivity contribution in [2.45, 2.75) is 32.5 Å². The molecule has 0 saturated carbocycles. The van der Waals surface area contributed by atoms with E-state index in [2.05, 4.69) is 39.3 Å². The van der Waals surface area contributed by atoms with Crippen LogP contribution in [0.1, 0.15) is 24.2 Å². The van der Waals surface area contributed by atoms with Crippen molar-refractivity contribution in [3.63, 3.8) is 0 Å². The van der Waals surface area contributed by atoms with Gasteiger partial charge in [0.15, 0.2) is 11.6 Å². The summed E-state index contributed by atoms with van der Waals surface area (Å²) in [5.74, 6) is -2.83. The number of piperazine rings is 1. The maximum atomic E-state index is 14.5. The molecule has 1 saturated heterocycles. The Balaban J connectivity index is 1.49. The minimum atomic E-state index is -1.09. The second-order valence-electron chi connectivity index (χ2n) is 10.2. The molecule has 1 aromatic carbocycles. The molecule has 2 amide bonds. The first kappa shape index (κ1) is 28.1. The number of carbonyl (C=O) groups excluding carboxylic acids is 2. The number of nitrogens with two attached hydrogens (primary N) is 1. The molecule has 1 fully saturated rings. The van der Waals surface area contributed by atoms with Crippen LogP contribution in [0.25, 0.3) is 22.2 Å². The Morgan fingerprint density at radius 1 is 1.22 bits per heavy atom. The summed E-state index contributed by atoms with van der Waals surface area (Å²) in [6.45, 7) is 5.37. The van der Waals surface area contributed by atoms with Gasteiger partial charge < -0.3 is 35.5 Å². The van der Waals surface area contributed by atoms with Crippen LogP contribution in [0.2, 0.25) is 5.02 Å². The zero-order chi connectivity index (χ0) is 29.6. The average molecular weight is 583 g/mol. The molecular weight excluding hydrogens is 555 g/mol. The molecule has 0 bridgehead atoms. The van der Waals surface area contributed by atoms with Crippen molar-refractivity contribution in [2.24, 2.45) is 12.8 Å². The summed E-state index contributed by atoms with van der Waals surface area (Å²) in [6.07, 6.45) is 4.24. The fourth-order valence-electron chi connectivity index (χ4n) is 5.10. The predicted octanol–water partition coefficient (Wildman–Crippen LogP) is 2.22. The molecule has 214 valence electrons. The summed E-state index contributed by atoms with van der Waals surface area (Å²) in [5.41, 5.74) is 5.23. The summed E-state index contributed by atoms with van der Waals surface area (Å²) in [7, 11) is 1.50. The van der Waals surface area contributed by atoms with Crippen LogP contribution in [0.3, 0.4) is 0 Å². The number of phenols is 1. The third kappa shape index (κ3) is 5.45. The number of pyridine rings is 1. The van der Waals surface area contributed by atoms with Gasteiger partial charge in [-0.15, -0.1) is 0 Å². The number of fused-ring (bicyclic) bond motifs is 1. The van der Waals surface area contributed by atoms with Gasteiger partial charge in [-0.05, 0) is 31.5 Å². The van der Waals surface area contributed by atoms with E-state index >= 15 is 0 Å². The van der Waals surface area contributed by atoms with Gasteiger partial charge in [0.05, 0.1) is 34.2 Å². The van der Waals surface area contributed by atoms with Gasteiger partial charge in [0.2, 0.25) is 5.91 Å². The molecule has 1 aliphatic heterocycles. The molecule has 4 heterocycles. The number of rotatable bonds is 6. The van der Waals surface area contributed by atoms with Crippen molar-refractivity contribution < 1.29 is 19.1 Å². The molecule has 3 aromatic heterocycles. The van der Waals surface area contributed by atoms with Gasteiger partial charge >= 0.3 is 0 Å². The lowest BCUT2D eigenvalue weighted by atomic mass is 10.0. The van der Waals surface area contributed by atoms with Crippen LogP contribution in [0.5, 0.6) is 5.75 Å². The summed E-state index contributed by atoms with van der Waals surface area (Å²) < 4.78 is 17.2. The predicted molar refractivity (Wildman–Crippen MR) is 153 cm³/mol. The van der Waals surface area contributed by atoms with Gasteiger partial charge in [-0.1, -0.05) is 11.6 Å². The summed E-state index contributed by atoms with van der Waals surface area (Å²) in [4.78, 5) is 49.0. The Kier molecular flexibility index (Phi) is 7.41. The third-order valence-electron chi connectivity index (χ3n) is 6.89. The largest absolute Gasteiger partial charge is 0.504 e. The molecule has 2 atom stereocenters. The Morgan fingerprint density at radius 3 is 2.61 bits per heavy atom. The molecule has 0 spiro atoms. The van der Waals surface area contributed by atoms with E-state index in [1.807, 2.05) is 0 Å². The number of hydrogen-bond donors (Lipinski definition) is 4. The lowest BCUT2D eigenvalue weighted by molar-refractivity contribution is -0.116. The first-order valence-electron chi connectivity index (χ1n) is 12.8. The second kappa shape index (κ2) is 10.8. The lowest BCUT2D eigenvalue weighted by Gasteiger charge is -2.37. The zero-order valence-corrected chi connectivity index (χ0v) is 23.2. The van der Waals surface area contributed by atoms with Crippen molar-refractivity contribution in [3.8, 4) is 16.9 Å². The number of benzene rings is 1. The number of carbonyl (C=O) groups is 2. The van der Waals surface area contributed by atoms with Crippen LogP contribution in [0.15, 0.2) is 41.7 Å². The molecular formula is C27H28ClFN8O4. The van der Waals surface area contributed by atoms with Gasteiger partial charge in [0.1, 0.15) is 18.0 Å². The fraction of sp³-hybridized carbons (Fsp3) is 0.296. The Morgan fingerprint density at radius 2 is 1.93 bits per heavy atom. The smallest absolute Gasteiger partial charge is 0.263 e. The third-order valence-corrected chi connectivity index (χ3v) is 7.19. The van der Waals surface area contributed by atoms with Crippen molar-refractivity contribution in [2.75, 3.05) is 23.3 Å². The number of nitrogens with zero attached hydrogens (tertiary/aromatic N) is 5. The quantitative estimate of drug-likeness (QED) is 0.269. The second-order valence-corrected chi connectivity index (χ2v) is 10.6. The number of amides is 2. The fourth-order valence-corrected chi connectivity index (χ4v) is 5.25. The number of hydrogen-bond acceptors (Lipinski definition) is 8. The van der Waals surface area contributed by atoms with Crippen LogP contribution >= 0.6 is 11.6 Å². The maximum absolute atomic E-state index is 14.5. The van der Waals surface area contributed by atoms with Crippen LogP contribution in [-0.4, -0.2) is 61.2 Å². The first-order valence-corrected chi connectivity index (χ1v) is 13.1. The molecule has 0 aliphatic carbocycles. The van der Waals surface area contributed by atoms with Crippen LogP contribution in [0, 0.1) is 5.82 Å². The van der Waals surface area contributed by atoms with Gasteiger partial charge in [-0.3, -0.25) is 14.4 Å². The standard InChI is InChI=1S/C27H28ClFN8O4/c1-13-8-36(9-14(2)33-13)21-6-20(18(28)7-31-21)34-22(38)11-37-10-17(23-26(37)32-12-35(3)27(23)41)15-4-16(25(30)40)24(39)19(29)5-15/h4-7,10,12-14,33,39H,8-9,11H2,1-3H3,(H2,30,40)(H,31,34,38)/t13-,14+. The number of aromatic nitrogens is 4. The topological polar surface area (TPSA) is 160 Å². The van der Waals surface area contributed by atoms with E-state index in [1.54, 1.807) is 6.07 Å². The van der Waals surface area contributed by atoms with E-state index in [0.717, 1.165) is 19.2 Å². The van der Waals surface area contributed by atoms with E-state index in [-0.39, 0.29) is 45.8 Å². The Hall–Kier alpha value is -4.49. The molecule has 0 unspecified atom stereocenters. The van der Waals surface area contributed by atoms with Crippen molar-refractivity contribution >= 4 is 46.0 Å². The van der Waals surface area contributed by atoms with Crippen molar-refractivity contribution in [1.29, 1.82) is 0 Å². The minimum absolute atomic E-state index is 0.0921. The molecule has 5 rings (SSSR count). The summed E-state index contributed by atoms with van der Waals surface area (Å²) in [6, 6.07) is 4.38. The molecule has 14 heteroatoms. The van der Waals surface area contributed by atoms with E-state index in [0.29, 0.717) is 11.5 Å². The van der Waals surface area contributed by atoms with E-state index in [1.165, 1.54) is 41.0 Å². The van der Waals surface area contributed by atoms with Crippen LogP contribution in [-0.2, 0) is 18.4 Å². The first-order chi connectivity index (χ1) is 19.4. The average Bonchev–Trinajstić information content (AvgIpc) is 3.26. The highest BCUT2D eigenvalue weighted by Gasteiger charge is 2.24. The van der Waals surface area contributed by atoms with Crippen molar-refractivity contribution in [1.82, 2.24) is 24.4 Å². The Bertz CT molecular complexity index is 1740. The van der Waals surface area contributed by atoms with Gasteiger partial charge in [-0.25, -0.2) is 14.4 Å². The van der Waals surface area contributed by atoms with E-state index < -0.39 is 34.5 Å². The Labute approximate surface area is 238 Å². The minimum Gasteiger partial charge on any atom is -0.504 e. The number of nitrogens with one attached hydrogen (secondary N) is 2. The van der Waals surface area contributed by atoms with Crippen molar-refractivity contribution in [3.05, 3.63) is 63.7 Å². The molecule has 0 radical (unpaired) electrons. The maximum Gasteiger partial charge on any atom is 0.263 e. The van der Waals surface area contributed by atoms with E-state index in [4.69, 9.17) is 17.3 Å².